The van der Waals surface area contributed by atoms with Gasteiger partial charge in [-0.3, -0.25) is 0 Å². The Hall–Kier alpha value is -1.22. The van der Waals surface area contributed by atoms with Crippen molar-refractivity contribution in [3.63, 3.8) is 0 Å². The van der Waals surface area contributed by atoms with Gasteiger partial charge in [-0.1, -0.05) is 0 Å². The van der Waals surface area contributed by atoms with Crippen molar-refractivity contribution in [3.8, 4) is 0 Å². The first-order chi connectivity index (χ1) is 10.0. The van der Waals surface area contributed by atoms with Gasteiger partial charge in [0.15, 0.2) is 0 Å². The van der Waals surface area contributed by atoms with Crippen molar-refractivity contribution in [2.24, 2.45) is 0 Å². The molecule has 3 N–H and O–H groups in total. The molecule has 2 rings (SSSR count). The van der Waals surface area contributed by atoms with Crippen LogP contribution in [-0.4, -0.2) is 32.0 Å². The monoisotopic (exact) mass is 328 g/mol. The van der Waals surface area contributed by atoms with Crippen LogP contribution in [0.15, 0.2) is 23.4 Å². The molecule has 116 valence electrons. The Labute approximate surface area is 129 Å². The fraction of sp³-hybridized carbons (Fsp3) is 0.462. The fourth-order valence-corrected chi connectivity index (χ4v) is 4.75. The second-order valence-electron chi connectivity index (χ2n) is 4.70. The number of aromatic amines is 1. The lowest BCUT2D eigenvalue weighted by atomic mass is 10.3. The summed E-state index contributed by atoms with van der Waals surface area (Å²) >= 11 is 1.51. The Bertz CT molecular complexity index is 662. The number of aryl methyl sites for hydroxylation is 2. The molecule has 0 atom stereocenters. The molecule has 0 unspecified atom stereocenters. The summed E-state index contributed by atoms with van der Waals surface area (Å²) in [6.07, 6.45) is 4.89. The molecule has 0 amide bonds. The molecule has 0 radical (unpaired) electrons. The van der Waals surface area contributed by atoms with Gasteiger partial charge in [0.05, 0.1) is 4.90 Å². The van der Waals surface area contributed by atoms with Crippen LogP contribution in [0.2, 0.25) is 0 Å². The van der Waals surface area contributed by atoms with Crippen molar-refractivity contribution in [1.82, 2.24) is 20.0 Å². The Balaban J connectivity index is 1.91. The van der Waals surface area contributed by atoms with Gasteiger partial charge in [-0.15, -0.1) is 11.3 Å². The zero-order valence-electron chi connectivity index (χ0n) is 12.1. The van der Waals surface area contributed by atoms with Crippen LogP contribution in [0.25, 0.3) is 0 Å². The zero-order valence-corrected chi connectivity index (χ0v) is 13.8. The minimum Gasteiger partial charge on any atom is -0.349 e. The predicted octanol–water partition coefficient (Wildman–Crippen LogP) is 1.41. The van der Waals surface area contributed by atoms with E-state index in [-0.39, 0.29) is 0 Å². The number of rotatable bonds is 8. The average molecular weight is 328 g/mol. The second kappa shape index (κ2) is 7.17. The topological polar surface area (TPSA) is 86.9 Å². The van der Waals surface area contributed by atoms with Crippen molar-refractivity contribution in [2.45, 2.75) is 31.2 Å². The van der Waals surface area contributed by atoms with Crippen molar-refractivity contribution >= 4 is 21.4 Å². The van der Waals surface area contributed by atoms with Crippen LogP contribution in [0.3, 0.4) is 0 Å². The molecule has 0 saturated carbocycles. The van der Waals surface area contributed by atoms with Crippen molar-refractivity contribution < 1.29 is 8.42 Å². The number of nitrogens with zero attached hydrogens (tertiary/aromatic N) is 1. The minimum atomic E-state index is -3.43. The van der Waals surface area contributed by atoms with Gasteiger partial charge >= 0.3 is 0 Å². The summed E-state index contributed by atoms with van der Waals surface area (Å²) in [5.74, 6) is 0.872. The summed E-state index contributed by atoms with van der Waals surface area (Å²) in [6.45, 7) is 2.92. The van der Waals surface area contributed by atoms with Crippen LogP contribution < -0.4 is 10.0 Å². The summed E-state index contributed by atoms with van der Waals surface area (Å²) in [7, 11) is -1.58. The van der Waals surface area contributed by atoms with Gasteiger partial charge in [0.1, 0.15) is 5.82 Å². The highest BCUT2D eigenvalue weighted by atomic mass is 32.2. The van der Waals surface area contributed by atoms with E-state index in [0.717, 1.165) is 22.0 Å². The number of hydrogen-bond acceptors (Lipinski definition) is 5. The molecule has 6 nitrogen and oxygen atoms in total. The molecule has 0 fully saturated rings. The molecular formula is C13H20N4O2S2. The lowest BCUT2D eigenvalue weighted by Gasteiger charge is -2.05. The molecule has 21 heavy (non-hydrogen) atoms. The Kier molecular flexibility index (Phi) is 5.51. The molecule has 2 aromatic heterocycles. The highest BCUT2D eigenvalue weighted by molar-refractivity contribution is 7.89. The Morgan fingerprint density at radius 3 is 2.90 bits per heavy atom. The Morgan fingerprint density at radius 1 is 1.43 bits per heavy atom. The van der Waals surface area contributed by atoms with E-state index in [1.807, 2.05) is 14.0 Å². The van der Waals surface area contributed by atoms with E-state index in [1.165, 1.54) is 11.3 Å². The third-order valence-corrected chi connectivity index (χ3v) is 5.77. The van der Waals surface area contributed by atoms with Gasteiger partial charge in [-0.25, -0.2) is 18.1 Å². The van der Waals surface area contributed by atoms with Crippen LogP contribution in [0, 0.1) is 6.92 Å². The molecule has 2 heterocycles. The summed E-state index contributed by atoms with van der Waals surface area (Å²) in [5.41, 5.74) is 0. The predicted molar refractivity (Wildman–Crippen MR) is 83.9 cm³/mol. The van der Waals surface area contributed by atoms with Crippen LogP contribution in [0.1, 0.15) is 22.0 Å². The maximum Gasteiger partial charge on any atom is 0.241 e. The van der Waals surface area contributed by atoms with E-state index >= 15 is 0 Å². The molecule has 0 saturated heterocycles. The SMILES string of the molecule is CNCc1cc(S(=O)(=O)NCCCc2ncc[nH]2)c(C)s1. The first-order valence-corrected chi connectivity index (χ1v) is 9.04. The first-order valence-electron chi connectivity index (χ1n) is 6.75. The lowest BCUT2D eigenvalue weighted by molar-refractivity contribution is 0.578. The van der Waals surface area contributed by atoms with Crippen LogP contribution in [0.5, 0.6) is 0 Å². The standard InChI is InChI=1S/C13H20N4O2S2/c1-10-12(8-11(20-10)9-14-2)21(18,19)17-5-3-4-13-15-6-7-16-13/h6-8,14,17H,3-5,9H2,1-2H3,(H,15,16). The summed E-state index contributed by atoms with van der Waals surface area (Å²) in [5, 5.41) is 3.03. The van der Waals surface area contributed by atoms with Crippen LogP contribution in [-0.2, 0) is 23.0 Å². The van der Waals surface area contributed by atoms with Crippen LogP contribution >= 0.6 is 11.3 Å². The second-order valence-corrected chi connectivity index (χ2v) is 7.78. The van der Waals surface area contributed by atoms with E-state index in [9.17, 15) is 8.42 Å². The number of imidazole rings is 1. The van der Waals surface area contributed by atoms with Gasteiger partial charge in [-0.2, -0.15) is 0 Å². The lowest BCUT2D eigenvalue weighted by Crippen LogP contribution is -2.25. The zero-order chi connectivity index (χ0) is 15.3. The summed E-state index contributed by atoms with van der Waals surface area (Å²) in [4.78, 5) is 9.33. The molecule has 0 aromatic carbocycles. The number of H-pyrrole nitrogens is 1. The average Bonchev–Trinajstić information content (AvgIpc) is 3.05. The summed E-state index contributed by atoms with van der Waals surface area (Å²) in [6, 6.07) is 1.74. The molecule has 0 aliphatic carbocycles. The number of sulfonamides is 1. The molecule has 8 heteroatoms. The van der Waals surface area contributed by atoms with Gasteiger partial charge < -0.3 is 10.3 Å². The molecule has 0 spiro atoms. The smallest absolute Gasteiger partial charge is 0.241 e. The van der Waals surface area contributed by atoms with Gasteiger partial charge in [-0.05, 0) is 26.5 Å². The van der Waals surface area contributed by atoms with Crippen molar-refractivity contribution in [1.29, 1.82) is 0 Å². The van der Waals surface area contributed by atoms with Crippen LogP contribution in [0.4, 0.5) is 0 Å². The number of thiophene rings is 1. The quantitative estimate of drug-likeness (QED) is 0.640. The van der Waals surface area contributed by atoms with Crippen molar-refractivity contribution in [2.75, 3.05) is 13.6 Å². The molecule has 2 aromatic rings. The molecule has 0 aliphatic heterocycles. The number of aromatic nitrogens is 2. The largest absolute Gasteiger partial charge is 0.349 e. The highest BCUT2D eigenvalue weighted by Gasteiger charge is 2.19. The van der Waals surface area contributed by atoms with E-state index in [1.54, 1.807) is 18.5 Å². The maximum atomic E-state index is 12.3. The number of hydrogen-bond donors (Lipinski definition) is 3. The molecule has 0 aliphatic rings. The fourth-order valence-electron chi connectivity index (χ4n) is 2.03. The maximum absolute atomic E-state index is 12.3. The van der Waals surface area contributed by atoms with E-state index in [0.29, 0.717) is 24.4 Å². The molecular weight excluding hydrogens is 308 g/mol. The van der Waals surface area contributed by atoms with Crippen molar-refractivity contribution in [3.05, 3.63) is 34.0 Å². The van der Waals surface area contributed by atoms with E-state index in [4.69, 9.17) is 0 Å². The van der Waals surface area contributed by atoms with E-state index in [2.05, 4.69) is 20.0 Å². The van der Waals surface area contributed by atoms with Gasteiger partial charge in [0.25, 0.3) is 0 Å². The third-order valence-electron chi connectivity index (χ3n) is 3.00. The Morgan fingerprint density at radius 2 is 2.24 bits per heavy atom. The van der Waals surface area contributed by atoms with Gasteiger partial charge in [0.2, 0.25) is 10.0 Å². The summed E-state index contributed by atoms with van der Waals surface area (Å²) < 4.78 is 27.2. The minimum absolute atomic E-state index is 0.385. The third kappa shape index (κ3) is 4.37. The van der Waals surface area contributed by atoms with E-state index < -0.39 is 10.0 Å². The normalized spacial score (nSPS) is 11.9. The van der Waals surface area contributed by atoms with Gasteiger partial charge in [0, 0.05) is 41.7 Å². The number of nitrogens with one attached hydrogen (secondary N) is 3. The highest BCUT2D eigenvalue weighted by Crippen LogP contribution is 2.25. The first kappa shape index (κ1) is 16.2. The molecule has 0 bridgehead atoms.